The molecular formula is C20H22FN5O2. The Kier molecular flexibility index (Phi) is 4.80. The summed E-state index contributed by atoms with van der Waals surface area (Å²) in [6.07, 6.45) is 3.13. The number of benzene rings is 1. The number of fused-ring (bicyclic) bond motifs is 1. The first kappa shape index (κ1) is 19.3. The Morgan fingerprint density at radius 2 is 1.79 bits per heavy atom. The highest BCUT2D eigenvalue weighted by atomic mass is 19.1. The molecule has 3 rings (SSSR count). The molecule has 3 aromatic rings. The van der Waals surface area contributed by atoms with Crippen LogP contribution < -0.4 is 16.8 Å². The fourth-order valence-electron chi connectivity index (χ4n) is 2.77. The maximum atomic E-state index is 14.3. The number of hydrogen-bond acceptors (Lipinski definition) is 4. The number of nitrogens with zero attached hydrogens (tertiary/aromatic N) is 2. The lowest BCUT2D eigenvalue weighted by atomic mass is 10.0. The Bertz CT molecular complexity index is 1050. The lowest BCUT2D eigenvalue weighted by molar-refractivity contribution is 0.0992. The van der Waals surface area contributed by atoms with Crippen LogP contribution in [-0.4, -0.2) is 33.1 Å². The number of anilines is 1. The third-order valence-electron chi connectivity index (χ3n) is 4.80. The molecule has 0 saturated carbocycles. The van der Waals surface area contributed by atoms with E-state index >= 15 is 0 Å². The molecule has 2 heterocycles. The highest BCUT2D eigenvalue weighted by Gasteiger charge is 2.27. The van der Waals surface area contributed by atoms with Gasteiger partial charge in [-0.3, -0.25) is 9.59 Å². The Morgan fingerprint density at radius 3 is 2.32 bits per heavy atom. The molecule has 1 unspecified atom stereocenters. The zero-order chi connectivity index (χ0) is 20.6. The van der Waals surface area contributed by atoms with Crippen molar-refractivity contribution in [2.75, 3.05) is 5.32 Å². The SMILES string of the molecule is CC(Nc1c(C(N)=O)cnn2cc(-c3ccc(C(N)=O)cc3)cc12)C(C)(C)F. The number of primary amides is 2. The topological polar surface area (TPSA) is 116 Å². The van der Waals surface area contributed by atoms with Gasteiger partial charge in [-0.2, -0.15) is 5.10 Å². The summed E-state index contributed by atoms with van der Waals surface area (Å²) >= 11 is 0. The second-order valence-electron chi connectivity index (χ2n) is 7.23. The van der Waals surface area contributed by atoms with E-state index < -0.39 is 23.5 Å². The fourth-order valence-corrected chi connectivity index (χ4v) is 2.77. The Labute approximate surface area is 161 Å². The first-order chi connectivity index (χ1) is 13.1. The minimum atomic E-state index is -1.52. The Morgan fingerprint density at radius 1 is 1.14 bits per heavy atom. The molecule has 0 saturated heterocycles. The number of hydrogen-bond donors (Lipinski definition) is 3. The van der Waals surface area contributed by atoms with E-state index in [-0.39, 0.29) is 5.56 Å². The zero-order valence-electron chi connectivity index (χ0n) is 15.9. The summed E-state index contributed by atoms with van der Waals surface area (Å²) in [6.45, 7) is 4.60. The Hall–Kier alpha value is -3.42. The van der Waals surface area contributed by atoms with Crippen molar-refractivity contribution in [3.63, 3.8) is 0 Å². The number of aromatic nitrogens is 2. The van der Waals surface area contributed by atoms with Gasteiger partial charge in [0.2, 0.25) is 5.91 Å². The van der Waals surface area contributed by atoms with Gasteiger partial charge in [-0.25, -0.2) is 8.91 Å². The number of rotatable bonds is 6. The molecule has 0 aliphatic heterocycles. The standard InChI is InChI=1S/C20H22FN5O2/c1-11(20(2,3)21)25-17-15(19(23)28)9-24-26-10-14(8-16(17)26)12-4-6-13(7-5-12)18(22)27/h4-11,25H,1-3H3,(H2,22,27)(H2,23,28). The predicted octanol–water partition coefficient (Wildman–Crippen LogP) is 2.75. The smallest absolute Gasteiger partial charge is 0.252 e. The zero-order valence-corrected chi connectivity index (χ0v) is 15.9. The van der Waals surface area contributed by atoms with Gasteiger partial charge in [0.05, 0.1) is 29.0 Å². The van der Waals surface area contributed by atoms with Crippen molar-refractivity contribution >= 4 is 23.0 Å². The Balaban J connectivity index is 2.11. The van der Waals surface area contributed by atoms with Crippen LogP contribution in [0.5, 0.6) is 0 Å². The van der Waals surface area contributed by atoms with Crippen molar-refractivity contribution in [3.05, 3.63) is 53.9 Å². The van der Waals surface area contributed by atoms with Crippen LogP contribution in [0.3, 0.4) is 0 Å². The highest BCUT2D eigenvalue weighted by molar-refractivity contribution is 6.02. The van der Waals surface area contributed by atoms with Gasteiger partial charge < -0.3 is 16.8 Å². The van der Waals surface area contributed by atoms with Gasteiger partial charge in [-0.15, -0.1) is 0 Å². The number of nitrogens with two attached hydrogens (primary N) is 2. The number of halogens is 1. The third kappa shape index (κ3) is 3.66. The van der Waals surface area contributed by atoms with Gasteiger partial charge in [-0.05, 0) is 44.5 Å². The third-order valence-corrected chi connectivity index (χ3v) is 4.80. The molecule has 2 aromatic heterocycles. The van der Waals surface area contributed by atoms with Crippen LogP contribution in [0.4, 0.5) is 10.1 Å². The normalized spacial score (nSPS) is 12.7. The van der Waals surface area contributed by atoms with E-state index in [1.807, 2.05) is 6.07 Å². The van der Waals surface area contributed by atoms with Gasteiger partial charge in [0, 0.05) is 17.3 Å². The molecule has 146 valence electrons. The molecular weight excluding hydrogens is 361 g/mol. The summed E-state index contributed by atoms with van der Waals surface area (Å²) in [5.41, 5.74) is 12.5. The van der Waals surface area contributed by atoms with E-state index in [0.717, 1.165) is 11.1 Å². The molecule has 0 aliphatic carbocycles. The van der Waals surface area contributed by atoms with Crippen molar-refractivity contribution in [2.45, 2.75) is 32.5 Å². The van der Waals surface area contributed by atoms with Crippen molar-refractivity contribution < 1.29 is 14.0 Å². The monoisotopic (exact) mass is 383 g/mol. The van der Waals surface area contributed by atoms with Crippen LogP contribution >= 0.6 is 0 Å². The van der Waals surface area contributed by atoms with Crippen LogP contribution in [0, 0.1) is 0 Å². The number of alkyl halides is 1. The molecule has 0 radical (unpaired) electrons. The van der Waals surface area contributed by atoms with Gasteiger partial charge in [-0.1, -0.05) is 12.1 Å². The number of amides is 2. The fraction of sp³-hybridized carbons (Fsp3) is 0.250. The molecule has 8 heteroatoms. The summed E-state index contributed by atoms with van der Waals surface area (Å²) in [4.78, 5) is 23.1. The van der Waals surface area contributed by atoms with Crippen molar-refractivity contribution in [2.24, 2.45) is 11.5 Å². The van der Waals surface area contributed by atoms with Crippen molar-refractivity contribution in [3.8, 4) is 11.1 Å². The molecule has 2 amide bonds. The lowest BCUT2D eigenvalue weighted by Crippen LogP contribution is -2.36. The molecule has 7 nitrogen and oxygen atoms in total. The van der Waals surface area contributed by atoms with E-state index in [1.165, 1.54) is 20.0 Å². The van der Waals surface area contributed by atoms with Gasteiger partial charge in [0.25, 0.3) is 5.91 Å². The van der Waals surface area contributed by atoms with Crippen LogP contribution in [0.15, 0.2) is 42.7 Å². The first-order valence-corrected chi connectivity index (χ1v) is 8.75. The first-order valence-electron chi connectivity index (χ1n) is 8.75. The maximum Gasteiger partial charge on any atom is 0.252 e. The van der Waals surface area contributed by atoms with E-state index in [0.29, 0.717) is 16.8 Å². The quantitative estimate of drug-likeness (QED) is 0.607. The van der Waals surface area contributed by atoms with Crippen molar-refractivity contribution in [1.82, 2.24) is 9.61 Å². The van der Waals surface area contributed by atoms with Crippen LogP contribution in [-0.2, 0) is 0 Å². The molecule has 1 atom stereocenters. The summed E-state index contributed by atoms with van der Waals surface area (Å²) in [6, 6.07) is 8.04. The average Bonchev–Trinajstić information content (AvgIpc) is 3.05. The second-order valence-corrected chi connectivity index (χ2v) is 7.23. The summed E-state index contributed by atoms with van der Waals surface area (Å²) in [7, 11) is 0. The average molecular weight is 383 g/mol. The van der Waals surface area contributed by atoms with E-state index in [2.05, 4.69) is 10.4 Å². The summed E-state index contributed by atoms with van der Waals surface area (Å²) in [5.74, 6) is -1.16. The van der Waals surface area contributed by atoms with Crippen LogP contribution in [0.25, 0.3) is 16.6 Å². The number of carbonyl (C=O) groups excluding carboxylic acids is 2. The van der Waals surface area contributed by atoms with Crippen LogP contribution in [0.2, 0.25) is 0 Å². The largest absolute Gasteiger partial charge is 0.377 e. The minimum Gasteiger partial charge on any atom is -0.377 e. The number of nitrogens with one attached hydrogen (secondary N) is 1. The summed E-state index contributed by atoms with van der Waals surface area (Å²) < 4.78 is 15.9. The second kappa shape index (κ2) is 6.95. The van der Waals surface area contributed by atoms with E-state index in [1.54, 1.807) is 41.9 Å². The molecule has 1 aromatic carbocycles. The van der Waals surface area contributed by atoms with Gasteiger partial charge in [0.1, 0.15) is 5.67 Å². The molecule has 0 aliphatic rings. The predicted molar refractivity (Wildman–Crippen MR) is 106 cm³/mol. The van der Waals surface area contributed by atoms with Crippen molar-refractivity contribution in [1.29, 1.82) is 0 Å². The lowest BCUT2D eigenvalue weighted by Gasteiger charge is -2.26. The van der Waals surface area contributed by atoms with Gasteiger partial charge in [0.15, 0.2) is 0 Å². The van der Waals surface area contributed by atoms with E-state index in [4.69, 9.17) is 11.5 Å². The van der Waals surface area contributed by atoms with Crippen LogP contribution in [0.1, 0.15) is 41.5 Å². The molecule has 5 N–H and O–H groups in total. The molecule has 0 fully saturated rings. The maximum absolute atomic E-state index is 14.3. The highest BCUT2D eigenvalue weighted by Crippen LogP contribution is 2.30. The number of carbonyl (C=O) groups is 2. The summed E-state index contributed by atoms with van der Waals surface area (Å²) in [5, 5.41) is 7.30. The molecule has 0 spiro atoms. The van der Waals surface area contributed by atoms with Gasteiger partial charge >= 0.3 is 0 Å². The minimum absolute atomic E-state index is 0.178. The molecule has 28 heavy (non-hydrogen) atoms. The van der Waals surface area contributed by atoms with E-state index in [9.17, 15) is 14.0 Å². The molecule has 0 bridgehead atoms.